The number of hydrogen-bond acceptors (Lipinski definition) is 5. The number of Topliss-reactive ketones (excluding diaryl/α,β-unsaturated/α-hetero) is 1. The van der Waals surface area contributed by atoms with Crippen LogP contribution in [0.15, 0.2) is 41.8 Å². The van der Waals surface area contributed by atoms with Gasteiger partial charge in [0.2, 0.25) is 5.91 Å². The van der Waals surface area contributed by atoms with Crippen molar-refractivity contribution in [1.29, 1.82) is 0 Å². The molecule has 1 amide bonds. The molecule has 0 spiro atoms. The summed E-state index contributed by atoms with van der Waals surface area (Å²) in [6.07, 6.45) is 3.80. The van der Waals surface area contributed by atoms with Crippen LogP contribution in [-0.4, -0.2) is 42.8 Å². The largest absolute Gasteiger partial charge is 0.494 e. The number of nitrogens with zero attached hydrogens (tertiary/aromatic N) is 1. The fraction of sp³-hybridized carbons (Fsp3) is 0.478. The lowest BCUT2D eigenvalue weighted by Crippen LogP contribution is -2.36. The number of carbonyl (C=O) groups is 2. The smallest absolute Gasteiger partial charge is 0.220 e. The third kappa shape index (κ3) is 6.41. The zero-order chi connectivity index (χ0) is 20.5. The zero-order valence-electron chi connectivity index (χ0n) is 17.1. The van der Waals surface area contributed by atoms with Crippen molar-refractivity contribution in [3.8, 4) is 5.75 Å². The molecule has 5 nitrogen and oxygen atoms in total. The number of amides is 1. The van der Waals surface area contributed by atoms with E-state index in [1.54, 1.807) is 23.5 Å². The zero-order valence-corrected chi connectivity index (χ0v) is 17.9. The maximum Gasteiger partial charge on any atom is 0.220 e. The van der Waals surface area contributed by atoms with Crippen LogP contribution in [-0.2, 0) is 4.79 Å². The van der Waals surface area contributed by atoms with Crippen molar-refractivity contribution in [3.63, 3.8) is 0 Å². The number of hydrogen-bond donors (Lipinski definition) is 1. The van der Waals surface area contributed by atoms with Crippen LogP contribution in [0.2, 0.25) is 0 Å². The molecule has 1 atom stereocenters. The number of benzene rings is 1. The van der Waals surface area contributed by atoms with Gasteiger partial charge in [0.1, 0.15) is 5.75 Å². The first kappa shape index (κ1) is 21.5. The lowest BCUT2D eigenvalue weighted by molar-refractivity contribution is -0.121. The third-order valence-electron chi connectivity index (χ3n) is 5.17. The van der Waals surface area contributed by atoms with E-state index in [0.717, 1.165) is 25.3 Å². The molecule has 0 radical (unpaired) electrons. The van der Waals surface area contributed by atoms with Crippen molar-refractivity contribution in [1.82, 2.24) is 10.2 Å². The lowest BCUT2D eigenvalue weighted by atomic mass is 10.1. The van der Waals surface area contributed by atoms with Crippen LogP contribution >= 0.6 is 11.3 Å². The molecule has 1 unspecified atom stereocenters. The van der Waals surface area contributed by atoms with E-state index in [1.165, 1.54) is 17.7 Å². The van der Waals surface area contributed by atoms with Crippen LogP contribution in [0.4, 0.5) is 0 Å². The molecule has 0 bridgehead atoms. The van der Waals surface area contributed by atoms with Gasteiger partial charge >= 0.3 is 0 Å². The van der Waals surface area contributed by atoms with Gasteiger partial charge in [-0.1, -0.05) is 13.0 Å². The first-order valence-corrected chi connectivity index (χ1v) is 11.4. The molecule has 29 heavy (non-hydrogen) atoms. The number of ether oxygens (including phenoxy) is 1. The van der Waals surface area contributed by atoms with Crippen LogP contribution < -0.4 is 10.1 Å². The van der Waals surface area contributed by atoms with Crippen molar-refractivity contribution in [2.75, 3.05) is 26.2 Å². The van der Waals surface area contributed by atoms with E-state index in [9.17, 15) is 9.59 Å². The normalized spacial score (nSPS) is 15.2. The molecular weight excluding hydrogens is 384 g/mol. The molecule has 1 aliphatic rings. The number of nitrogens with one attached hydrogen (secondary N) is 1. The summed E-state index contributed by atoms with van der Waals surface area (Å²) in [5.41, 5.74) is 0.621. The highest BCUT2D eigenvalue weighted by Crippen LogP contribution is 2.27. The molecule has 2 aromatic rings. The molecule has 0 aliphatic carbocycles. The van der Waals surface area contributed by atoms with Gasteiger partial charge in [0.25, 0.3) is 0 Å². The second-order valence-corrected chi connectivity index (χ2v) is 8.35. The van der Waals surface area contributed by atoms with Crippen molar-refractivity contribution < 1.29 is 14.3 Å². The second kappa shape index (κ2) is 11.1. The van der Waals surface area contributed by atoms with E-state index < -0.39 is 0 Å². The number of likely N-dealkylation sites (tertiary alicyclic amines) is 1. The number of carbonyl (C=O) groups excluding carboxylic acids is 2. The van der Waals surface area contributed by atoms with Crippen molar-refractivity contribution >= 4 is 23.0 Å². The predicted octanol–water partition coefficient (Wildman–Crippen LogP) is 4.45. The topological polar surface area (TPSA) is 58.6 Å². The minimum Gasteiger partial charge on any atom is -0.494 e. The summed E-state index contributed by atoms with van der Waals surface area (Å²) >= 11 is 1.73. The third-order valence-corrected chi connectivity index (χ3v) is 6.15. The Morgan fingerprint density at radius 3 is 2.55 bits per heavy atom. The summed E-state index contributed by atoms with van der Waals surface area (Å²) in [5, 5.41) is 5.12. The first-order chi connectivity index (χ1) is 14.2. The average Bonchev–Trinajstić information content (AvgIpc) is 3.46. The monoisotopic (exact) mass is 414 g/mol. The molecule has 1 saturated heterocycles. The molecule has 2 heterocycles. The van der Waals surface area contributed by atoms with Gasteiger partial charge in [-0.2, -0.15) is 0 Å². The van der Waals surface area contributed by atoms with Crippen molar-refractivity contribution in [2.24, 2.45) is 0 Å². The van der Waals surface area contributed by atoms with E-state index in [2.05, 4.69) is 34.7 Å². The molecule has 1 N–H and O–H groups in total. The number of rotatable bonds is 11. The van der Waals surface area contributed by atoms with Gasteiger partial charge in [0, 0.05) is 29.8 Å². The van der Waals surface area contributed by atoms with Gasteiger partial charge < -0.3 is 10.1 Å². The number of thiophene rings is 1. The summed E-state index contributed by atoms with van der Waals surface area (Å²) in [6, 6.07) is 11.6. The van der Waals surface area contributed by atoms with E-state index in [-0.39, 0.29) is 30.6 Å². The van der Waals surface area contributed by atoms with E-state index in [4.69, 9.17) is 4.74 Å². The van der Waals surface area contributed by atoms with Gasteiger partial charge in [-0.25, -0.2) is 0 Å². The van der Waals surface area contributed by atoms with Crippen molar-refractivity contribution in [3.05, 3.63) is 52.2 Å². The second-order valence-electron chi connectivity index (χ2n) is 7.37. The van der Waals surface area contributed by atoms with Gasteiger partial charge in [-0.15, -0.1) is 11.3 Å². The average molecular weight is 415 g/mol. The Labute approximate surface area is 177 Å². The minimum atomic E-state index is -0.0676. The summed E-state index contributed by atoms with van der Waals surface area (Å²) in [7, 11) is 0. The fourth-order valence-corrected chi connectivity index (χ4v) is 4.43. The molecule has 1 aliphatic heterocycles. The lowest BCUT2D eigenvalue weighted by Gasteiger charge is -2.26. The summed E-state index contributed by atoms with van der Waals surface area (Å²) in [4.78, 5) is 28.5. The Morgan fingerprint density at radius 1 is 1.14 bits per heavy atom. The first-order valence-electron chi connectivity index (χ1n) is 10.5. The van der Waals surface area contributed by atoms with E-state index in [0.29, 0.717) is 18.7 Å². The van der Waals surface area contributed by atoms with Crippen LogP contribution in [0.3, 0.4) is 0 Å². The highest BCUT2D eigenvalue weighted by atomic mass is 32.1. The molecule has 1 aromatic carbocycles. The highest BCUT2D eigenvalue weighted by molar-refractivity contribution is 7.10. The van der Waals surface area contributed by atoms with Gasteiger partial charge in [-0.3, -0.25) is 14.5 Å². The maximum absolute atomic E-state index is 12.4. The fourth-order valence-electron chi connectivity index (χ4n) is 3.57. The molecule has 156 valence electrons. The molecule has 0 saturated carbocycles. The van der Waals surface area contributed by atoms with Gasteiger partial charge in [0.05, 0.1) is 12.6 Å². The van der Waals surface area contributed by atoms with Crippen LogP contribution in [0.25, 0.3) is 0 Å². The summed E-state index contributed by atoms with van der Waals surface area (Å²) in [5.74, 6) is 0.682. The van der Waals surface area contributed by atoms with Crippen molar-refractivity contribution in [2.45, 2.75) is 45.1 Å². The Balaban J connectivity index is 1.45. The number of ketones is 1. The highest BCUT2D eigenvalue weighted by Gasteiger charge is 2.24. The molecule has 6 heteroatoms. The molecular formula is C23H30N2O3S. The minimum absolute atomic E-state index is 0.0171. The SMILES string of the molecule is CCCOc1ccc(C(=O)CCC(=O)NCC(c2cccs2)N2CCCC2)cc1. The summed E-state index contributed by atoms with van der Waals surface area (Å²) in [6.45, 7) is 5.47. The van der Waals surface area contributed by atoms with Crippen LogP contribution in [0.5, 0.6) is 5.75 Å². The molecule has 1 aromatic heterocycles. The standard InChI is InChI=1S/C23H30N2O3S/c1-2-15-28-19-9-7-18(8-10-19)21(26)11-12-23(27)24-17-20(22-6-5-16-29-22)25-13-3-4-14-25/h5-10,16,20H,2-4,11-15,17H2,1H3,(H,24,27). The molecule has 3 rings (SSSR count). The van der Waals surface area contributed by atoms with E-state index in [1.807, 2.05) is 12.1 Å². The summed E-state index contributed by atoms with van der Waals surface area (Å²) < 4.78 is 5.54. The quantitative estimate of drug-likeness (QED) is 0.552. The van der Waals surface area contributed by atoms with Gasteiger partial charge in [-0.05, 0) is 68.1 Å². The Bertz CT molecular complexity index is 768. The maximum atomic E-state index is 12.4. The molecule has 1 fully saturated rings. The predicted molar refractivity (Wildman–Crippen MR) is 117 cm³/mol. The Kier molecular flexibility index (Phi) is 8.25. The van der Waals surface area contributed by atoms with Crippen LogP contribution in [0.1, 0.15) is 60.3 Å². The van der Waals surface area contributed by atoms with Crippen LogP contribution in [0, 0.1) is 0 Å². The Morgan fingerprint density at radius 2 is 1.90 bits per heavy atom. The van der Waals surface area contributed by atoms with Gasteiger partial charge in [0.15, 0.2) is 5.78 Å². The Hall–Kier alpha value is -2.18. The van der Waals surface area contributed by atoms with E-state index >= 15 is 0 Å².